The van der Waals surface area contributed by atoms with Crippen LogP contribution in [-0.4, -0.2) is 35.4 Å². The van der Waals surface area contributed by atoms with Gasteiger partial charge in [0, 0.05) is 19.1 Å². The first-order valence-corrected chi connectivity index (χ1v) is 10.9. The molecule has 1 unspecified atom stereocenters. The lowest BCUT2D eigenvalue weighted by atomic mass is 9.65. The second-order valence-electron chi connectivity index (χ2n) is 8.50. The summed E-state index contributed by atoms with van der Waals surface area (Å²) >= 11 is 0. The molecule has 1 aliphatic carbocycles. The molecule has 1 aliphatic rings. The summed E-state index contributed by atoms with van der Waals surface area (Å²) < 4.78 is 0. The summed E-state index contributed by atoms with van der Waals surface area (Å²) in [6, 6.07) is 21.4. The highest BCUT2D eigenvalue weighted by molar-refractivity contribution is 6.08. The van der Waals surface area contributed by atoms with Gasteiger partial charge in [-0.1, -0.05) is 79.8 Å². The molecule has 0 amide bonds. The van der Waals surface area contributed by atoms with E-state index in [4.69, 9.17) is 5.73 Å². The lowest BCUT2D eigenvalue weighted by Gasteiger charge is -2.49. The quantitative estimate of drug-likeness (QED) is 0.454. The molecule has 0 spiro atoms. The van der Waals surface area contributed by atoms with Gasteiger partial charge in [-0.15, -0.1) is 0 Å². The summed E-state index contributed by atoms with van der Waals surface area (Å²) in [5, 5.41) is 9.82. The maximum Gasteiger partial charge on any atom is 0.323 e. The average Bonchev–Trinajstić information content (AvgIpc) is 2.68. The second kappa shape index (κ2) is 10.1. The van der Waals surface area contributed by atoms with E-state index in [0.717, 1.165) is 45.1 Å². The zero-order chi connectivity index (χ0) is 20.7. The number of benzene rings is 2. The molecule has 0 aliphatic heterocycles. The first-order valence-electron chi connectivity index (χ1n) is 10.9. The van der Waals surface area contributed by atoms with E-state index in [9.17, 15) is 9.90 Å². The minimum Gasteiger partial charge on any atom is -0.480 e. The SMILES string of the molecule is BCCCCC(N)(C(=O)O)C1CC(N(Cc2ccccc2)Cc2ccccc2)C1. The van der Waals surface area contributed by atoms with Gasteiger partial charge >= 0.3 is 5.97 Å². The Morgan fingerprint density at radius 3 is 1.97 bits per heavy atom. The smallest absolute Gasteiger partial charge is 0.323 e. The van der Waals surface area contributed by atoms with E-state index in [0.29, 0.717) is 12.5 Å². The molecule has 0 saturated heterocycles. The first kappa shape index (κ1) is 21.6. The molecule has 1 atom stereocenters. The zero-order valence-electron chi connectivity index (χ0n) is 17.5. The van der Waals surface area contributed by atoms with Crippen LogP contribution in [0.4, 0.5) is 0 Å². The van der Waals surface area contributed by atoms with Crippen LogP contribution in [0, 0.1) is 5.92 Å². The minimum atomic E-state index is -1.09. The van der Waals surface area contributed by atoms with Crippen LogP contribution < -0.4 is 5.73 Å². The number of hydrogen-bond acceptors (Lipinski definition) is 3. The molecule has 154 valence electrons. The highest BCUT2D eigenvalue weighted by atomic mass is 16.4. The summed E-state index contributed by atoms with van der Waals surface area (Å²) in [5.41, 5.74) is 7.92. The lowest BCUT2D eigenvalue weighted by molar-refractivity contribution is -0.149. The molecule has 5 heteroatoms. The van der Waals surface area contributed by atoms with Crippen LogP contribution in [-0.2, 0) is 17.9 Å². The van der Waals surface area contributed by atoms with Gasteiger partial charge in [0.25, 0.3) is 0 Å². The Balaban J connectivity index is 1.68. The number of aliphatic carboxylic acids is 1. The summed E-state index contributed by atoms with van der Waals surface area (Å²) in [4.78, 5) is 14.5. The van der Waals surface area contributed by atoms with Gasteiger partial charge in [0.05, 0.1) is 0 Å². The van der Waals surface area contributed by atoms with Crippen molar-refractivity contribution in [2.75, 3.05) is 0 Å². The zero-order valence-corrected chi connectivity index (χ0v) is 17.5. The molecule has 1 saturated carbocycles. The third kappa shape index (κ3) is 5.49. The fourth-order valence-corrected chi connectivity index (χ4v) is 4.41. The van der Waals surface area contributed by atoms with Crippen molar-refractivity contribution in [1.29, 1.82) is 0 Å². The Morgan fingerprint density at radius 2 is 1.52 bits per heavy atom. The van der Waals surface area contributed by atoms with Crippen LogP contribution >= 0.6 is 0 Å². The number of nitrogens with two attached hydrogens (primary N) is 1. The van der Waals surface area contributed by atoms with Gasteiger partial charge in [-0.3, -0.25) is 9.69 Å². The van der Waals surface area contributed by atoms with Gasteiger partial charge in [0.15, 0.2) is 0 Å². The predicted molar refractivity (Wildman–Crippen MR) is 120 cm³/mol. The van der Waals surface area contributed by atoms with Gasteiger partial charge < -0.3 is 10.8 Å². The van der Waals surface area contributed by atoms with Gasteiger partial charge in [-0.05, 0) is 36.3 Å². The van der Waals surface area contributed by atoms with Crippen molar-refractivity contribution in [3.05, 3.63) is 71.8 Å². The van der Waals surface area contributed by atoms with E-state index >= 15 is 0 Å². The van der Waals surface area contributed by atoms with Crippen molar-refractivity contribution in [3.63, 3.8) is 0 Å². The van der Waals surface area contributed by atoms with Gasteiger partial charge in [-0.25, -0.2) is 0 Å². The van der Waals surface area contributed by atoms with Crippen molar-refractivity contribution in [2.45, 2.75) is 63.1 Å². The maximum absolute atomic E-state index is 12.0. The Morgan fingerprint density at radius 1 is 1.00 bits per heavy atom. The second-order valence-corrected chi connectivity index (χ2v) is 8.50. The fraction of sp³-hybridized carbons (Fsp3) is 0.458. The molecule has 4 nitrogen and oxygen atoms in total. The lowest BCUT2D eigenvalue weighted by Crippen LogP contribution is -2.61. The van der Waals surface area contributed by atoms with E-state index in [-0.39, 0.29) is 5.92 Å². The number of carbonyl (C=O) groups is 1. The average molecular weight is 392 g/mol. The predicted octanol–water partition coefficient (Wildman–Crippen LogP) is 3.47. The van der Waals surface area contributed by atoms with Gasteiger partial charge in [0.2, 0.25) is 0 Å². The van der Waals surface area contributed by atoms with E-state index < -0.39 is 11.5 Å². The Bertz CT molecular complexity index is 723. The third-order valence-corrected chi connectivity index (χ3v) is 6.41. The molecule has 29 heavy (non-hydrogen) atoms. The summed E-state index contributed by atoms with van der Waals surface area (Å²) in [6.07, 6.45) is 5.29. The molecular weight excluding hydrogens is 359 g/mol. The molecule has 3 rings (SSSR count). The van der Waals surface area contributed by atoms with Crippen LogP contribution in [0.5, 0.6) is 0 Å². The van der Waals surface area contributed by atoms with Gasteiger partial charge in [0.1, 0.15) is 13.4 Å². The molecule has 0 heterocycles. The van der Waals surface area contributed by atoms with Crippen molar-refractivity contribution in [1.82, 2.24) is 4.90 Å². The number of unbranched alkanes of at least 4 members (excludes halogenated alkanes) is 1. The van der Waals surface area contributed by atoms with Crippen LogP contribution in [0.25, 0.3) is 0 Å². The number of hydrogen-bond donors (Lipinski definition) is 2. The van der Waals surface area contributed by atoms with Crippen molar-refractivity contribution < 1.29 is 9.90 Å². The third-order valence-electron chi connectivity index (χ3n) is 6.41. The maximum atomic E-state index is 12.0. The summed E-state index contributed by atoms with van der Waals surface area (Å²) in [6.45, 7) is 1.74. The topological polar surface area (TPSA) is 66.6 Å². The number of rotatable bonds is 11. The van der Waals surface area contributed by atoms with Crippen molar-refractivity contribution >= 4 is 13.8 Å². The highest BCUT2D eigenvalue weighted by Gasteiger charge is 2.49. The van der Waals surface area contributed by atoms with E-state index in [1.165, 1.54) is 11.1 Å². The summed E-state index contributed by atoms with van der Waals surface area (Å²) in [5.74, 6) is -0.786. The number of carboxylic acid groups (broad SMARTS) is 1. The molecule has 3 N–H and O–H groups in total. The van der Waals surface area contributed by atoms with E-state index in [1.807, 2.05) is 12.1 Å². The van der Waals surface area contributed by atoms with E-state index in [1.54, 1.807) is 0 Å². The first-order chi connectivity index (χ1) is 14.0. The molecular formula is C24H33BN2O2. The van der Waals surface area contributed by atoms with Crippen molar-refractivity contribution in [2.24, 2.45) is 11.7 Å². The standard InChI is InChI=1S/C24H33BN2O2/c25-14-8-7-13-24(26,23(28)29)21-15-22(16-21)27(17-19-9-3-1-4-10-19)18-20-11-5-2-6-12-20/h1-6,9-12,21-22H,7-8,13-18,25-26H2,(H,28,29). The molecule has 0 radical (unpaired) electrons. The number of nitrogens with zero attached hydrogens (tertiary/aromatic N) is 1. The van der Waals surface area contributed by atoms with E-state index in [2.05, 4.69) is 61.3 Å². The molecule has 1 fully saturated rings. The Hall–Kier alpha value is -2.11. The highest BCUT2D eigenvalue weighted by Crippen LogP contribution is 2.41. The molecule has 2 aromatic carbocycles. The fourth-order valence-electron chi connectivity index (χ4n) is 4.41. The van der Waals surface area contributed by atoms with Crippen molar-refractivity contribution in [3.8, 4) is 0 Å². The summed E-state index contributed by atoms with van der Waals surface area (Å²) in [7, 11) is 2.13. The molecule has 2 aromatic rings. The van der Waals surface area contributed by atoms with Gasteiger partial charge in [-0.2, -0.15) is 0 Å². The van der Waals surface area contributed by atoms with Crippen LogP contribution in [0.3, 0.4) is 0 Å². The molecule has 0 bridgehead atoms. The van der Waals surface area contributed by atoms with Crippen LogP contribution in [0.15, 0.2) is 60.7 Å². The normalized spacial score (nSPS) is 20.8. The minimum absolute atomic E-state index is 0.0518. The van der Waals surface area contributed by atoms with Crippen LogP contribution in [0.1, 0.15) is 43.2 Å². The Labute approximate surface area is 175 Å². The number of carboxylic acids is 1. The van der Waals surface area contributed by atoms with Crippen LogP contribution in [0.2, 0.25) is 6.32 Å². The molecule has 0 aromatic heterocycles. The monoisotopic (exact) mass is 392 g/mol. The largest absolute Gasteiger partial charge is 0.480 e. The Kier molecular flexibility index (Phi) is 7.51.